The lowest BCUT2D eigenvalue weighted by Gasteiger charge is -2.36. The van der Waals surface area contributed by atoms with E-state index < -0.39 is 0 Å². The number of rotatable bonds is 6. The van der Waals surface area contributed by atoms with E-state index in [0.717, 1.165) is 50.0 Å². The van der Waals surface area contributed by atoms with Crippen molar-refractivity contribution >= 4 is 11.4 Å². The molecule has 24 heavy (non-hydrogen) atoms. The number of piperazine rings is 1. The minimum atomic E-state index is 0.751. The Bertz CT molecular complexity index is 601. The van der Waals surface area contributed by atoms with Crippen LogP contribution in [0.2, 0.25) is 0 Å². The van der Waals surface area contributed by atoms with E-state index in [0.29, 0.717) is 0 Å². The first-order valence-corrected chi connectivity index (χ1v) is 8.92. The Morgan fingerprint density at radius 1 is 1.00 bits per heavy atom. The van der Waals surface area contributed by atoms with E-state index in [9.17, 15) is 0 Å². The molecule has 128 valence electrons. The summed E-state index contributed by atoms with van der Waals surface area (Å²) in [7, 11) is 0. The Hall–Kier alpha value is -2.07. The number of nitrogens with zero attached hydrogens (tertiary/aromatic N) is 3. The number of benzene rings is 1. The Kier molecular flexibility index (Phi) is 5.70. The molecule has 0 unspecified atom stereocenters. The number of anilines is 2. The molecule has 1 aliphatic rings. The van der Waals surface area contributed by atoms with Crippen LogP contribution in [-0.2, 0) is 6.54 Å². The van der Waals surface area contributed by atoms with Crippen LogP contribution in [0.15, 0.2) is 48.7 Å². The average Bonchev–Trinajstić information content (AvgIpc) is 2.62. The topological polar surface area (TPSA) is 31.4 Å². The maximum atomic E-state index is 4.34. The van der Waals surface area contributed by atoms with Crippen LogP contribution in [0.1, 0.15) is 19.5 Å². The molecular formula is C20H28N4. The van der Waals surface area contributed by atoms with Crippen molar-refractivity contribution < 1.29 is 0 Å². The lowest BCUT2D eigenvalue weighted by Crippen LogP contribution is -2.47. The Balaban J connectivity index is 1.50. The van der Waals surface area contributed by atoms with Crippen molar-refractivity contribution in [3.8, 4) is 0 Å². The highest BCUT2D eigenvalue weighted by molar-refractivity contribution is 5.55. The van der Waals surface area contributed by atoms with Crippen LogP contribution in [-0.4, -0.2) is 42.6 Å². The third-order valence-corrected chi connectivity index (χ3v) is 4.43. The monoisotopic (exact) mass is 324 g/mol. The van der Waals surface area contributed by atoms with Crippen LogP contribution >= 0.6 is 0 Å². The third kappa shape index (κ3) is 4.71. The number of hydrogen-bond donors (Lipinski definition) is 1. The van der Waals surface area contributed by atoms with E-state index >= 15 is 0 Å². The van der Waals surface area contributed by atoms with E-state index in [2.05, 4.69) is 58.2 Å². The van der Waals surface area contributed by atoms with Crippen LogP contribution in [0.3, 0.4) is 0 Å². The summed E-state index contributed by atoms with van der Waals surface area (Å²) in [6.45, 7) is 11.1. The van der Waals surface area contributed by atoms with Gasteiger partial charge in [0, 0.05) is 50.3 Å². The summed E-state index contributed by atoms with van der Waals surface area (Å²) in [5.41, 5.74) is 3.52. The Morgan fingerprint density at radius 2 is 1.75 bits per heavy atom. The maximum Gasteiger partial charge on any atom is 0.0594 e. The summed E-state index contributed by atoms with van der Waals surface area (Å²) in [4.78, 5) is 9.40. The molecule has 0 spiro atoms. The number of nitrogens with one attached hydrogen (secondary N) is 1. The van der Waals surface area contributed by atoms with Gasteiger partial charge >= 0.3 is 0 Å². The maximum absolute atomic E-state index is 4.34. The third-order valence-electron chi connectivity index (χ3n) is 4.43. The molecule has 0 radical (unpaired) electrons. The fourth-order valence-electron chi connectivity index (χ4n) is 3.19. The van der Waals surface area contributed by atoms with Crippen LogP contribution in [0, 0.1) is 5.92 Å². The summed E-state index contributed by atoms with van der Waals surface area (Å²) in [6.07, 6.45) is 1.83. The van der Waals surface area contributed by atoms with Crippen molar-refractivity contribution in [2.75, 3.05) is 42.9 Å². The van der Waals surface area contributed by atoms with Crippen molar-refractivity contribution in [3.63, 3.8) is 0 Å². The summed E-state index contributed by atoms with van der Waals surface area (Å²) in [5, 5.41) is 3.43. The molecule has 2 aromatic rings. The first kappa shape index (κ1) is 16.8. The summed E-state index contributed by atoms with van der Waals surface area (Å²) >= 11 is 0. The highest BCUT2D eigenvalue weighted by Crippen LogP contribution is 2.20. The predicted molar refractivity (Wildman–Crippen MR) is 101 cm³/mol. The molecule has 1 aromatic heterocycles. The van der Waals surface area contributed by atoms with Crippen molar-refractivity contribution in [1.82, 2.24) is 9.88 Å². The zero-order valence-electron chi connectivity index (χ0n) is 14.8. The SMILES string of the molecule is CC(C)CN1CCN(c2ccc(NCc3ccccn3)cc2)CC1. The summed E-state index contributed by atoms with van der Waals surface area (Å²) < 4.78 is 0. The van der Waals surface area contributed by atoms with Gasteiger partial charge in [-0.1, -0.05) is 19.9 Å². The number of hydrogen-bond acceptors (Lipinski definition) is 4. The first-order valence-electron chi connectivity index (χ1n) is 8.92. The Morgan fingerprint density at radius 3 is 2.38 bits per heavy atom. The van der Waals surface area contributed by atoms with Crippen LogP contribution in [0.4, 0.5) is 11.4 Å². The average molecular weight is 324 g/mol. The molecule has 3 rings (SSSR count). The fraction of sp³-hybridized carbons (Fsp3) is 0.450. The van der Waals surface area contributed by atoms with Gasteiger partial charge in [-0.3, -0.25) is 9.88 Å². The zero-order chi connectivity index (χ0) is 16.8. The highest BCUT2D eigenvalue weighted by atomic mass is 15.3. The molecule has 0 atom stereocenters. The molecule has 0 aliphatic carbocycles. The molecule has 2 heterocycles. The smallest absolute Gasteiger partial charge is 0.0594 e. The summed E-state index contributed by atoms with van der Waals surface area (Å²) in [5.74, 6) is 0.751. The minimum absolute atomic E-state index is 0.751. The van der Waals surface area contributed by atoms with Gasteiger partial charge in [-0.2, -0.15) is 0 Å². The highest BCUT2D eigenvalue weighted by Gasteiger charge is 2.17. The molecule has 0 amide bonds. The van der Waals surface area contributed by atoms with Crippen molar-refractivity contribution in [2.45, 2.75) is 20.4 Å². The molecule has 1 saturated heterocycles. The van der Waals surface area contributed by atoms with Gasteiger partial charge in [0.05, 0.1) is 12.2 Å². The second-order valence-electron chi connectivity index (χ2n) is 6.90. The van der Waals surface area contributed by atoms with Crippen LogP contribution in [0.5, 0.6) is 0 Å². The van der Waals surface area contributed by atoms with Crippen molar-refractivity contribution in [1.29, 1.82) is 0 Å². The number of pyridine rings is 1. The second-order valence-corrected chi connectivity index (χ2v) is 6.90. The molecule has 0 saturated carbocycles. The van der Waals surface area contributed by atoms with E-state index in [1.165, 1.54) is 12.2 Å². The van der Waals surface area contributed by atoms with Crippen LogP contribution in [0.25, 0.3) is 0 Å². The second kappa shape index (κ2) is 8.15. The quantitative estimate of drug-likeness (QED) is 0.881. The lowest BCUT2D eigenvalue weighted by atomic mass is 10.1. The summed E-state index contributed by atoms with van der Waals surface area (Å²) in [6, 6.07) is 14.8. The normalized spacial score (nSPS) is 15.7. The van der Waals surface area contributed by atoms with Gasteiger partial charge in [0.1, 0.15) is 0 Å². The zero-order valence-corrected chi connectivity index (χ0v) is 14.8. The fourth-order valence-corrected chi connectivity index (χ4v) is 3.19. The van der Waals surface area contributed by atoms with E-state index in [1.807, 2.05) is 24.4 Å². The van der Waals surface area contributed by atoms with Gasteiger partial charge in [0.2, 0.25) is 0 Å². The molecule has 0 bridgehead atoms. The van der Waals surface area contributed by atoms with E-state index in [-0.39, 0.29) is 0 Å². The van der Waals surface area contributed by atoms with Gasteiger partial charge in [-0.25, -0.2) is 0 Å². The van der Waals surface area contributed by atoms with Gasteiger partial charge in [0.25, 0.3) is 0 Å². The first-order chi connectivity index (χ1) is 11.7. The molecule has 1 fully saturated rings. The molecule has 1 aliphatic heterocycles. The molecule has 1 aromatic carbocycles. The van der Waals surface area contributed by atoms with Gasteiger partial charge in [0.15, 0.2) is 0 Å². The largest absolute Gasteiger partial charge is 0.379 e. The molecular weight excluding hydrogens is 296 g/mol. The van der Waals surface area contributed by atoms with E-state index in [1.54, 1.807) is 0 Å². The number of aromatic nitrogens is 1. The Labute approximate surface area is 145 Å². The van der Waals surface area contributed by atoms with E-state index in [4.69, 9.17) is 0 Å². The lowest BCUT2D eigenvalue weighted by molar-refractivity contribution is 0.231. The molecule has 4 nitrogen and oxygen atoms in total. The standard InChI is InChI=1S/C20H28N4/c1-17(2)16-23-11-13-24(14-12-23)20-8-6-18(7-9-20)22-15-19-5-3-4-10-21-19/h3-10,17,22H,11-16H2,1-2H3. The molecule has 1 N–H and O–H groups in total. The van der Waals surface area contributed by atoms with Crippen molar-refractivity contribution in [2.24, 2.45) is 5.92 Å². The van der Waals surface area contributed by atoms with Crippen LogP contribution < -0.4 is 10.2 Å². The van der Waals surface area contributed by atoms with Gasteiger partial charge in [-0.15, -0.1) is 0 Å². The molecule has 4 heteroatoms. The predicted octanol–water partition coefficient (Wildman–Crippen LogP) is 3.47. The minimum Gasteiger partial charge on any atom is -0.379 e. The van der Waals surface area contributed by atoms with Gasteiger partial charge < -0.3 is 10.2 Å². The van der Waals surface area contributed by atoms with Gasteiger partial charge in [-0.05, 0) is 42.3 Å². The van der Waals surface area contributed by atoms with Crippen molar-refractivity contribution in [3.05, 3.63) is 54.4 Å².